The molecule has 0 aliphatic heterocycles. The molecular weight excluding hydrogens is 278 g/mol. The number of rotatable bonds is 10. The van der Waals surface area contributed by atoms with Gasteiger partial charge < -0.3 is 14.6 Å². The lowest BCUT2D eigenvalue weighted by Gasteiger charge is -2.07. The third-order valence-corrected chi connectivity index (χ3v) is 3.54. The zero-order valence-corrected chi connectivity index (χ0v) is 13.3. The minimum atomic E-state index is 0.0753. The van der Waals surface area contributed by atoms with E-state index in [1.165, 1.54) is 0 Å². The molecule has 0 saturated carbocycles. The number of fused-ring (bicyclic) bond motifs is 1. The van der Waals surface area contributed by atoms with Crippen molar-refractivity contribution in [3.8, 4) is 0 Å². The molecule has 0 atom stereocenters. The molecule has 1 aromatic heterocycles. The topological polar surface area (TPSA) is 56.1 Å². The van der Waals surface area contributed by atoms with E-state index in [1.807, 2.05) is 28.8 Å². The molecule has 120 valence electrons. The van der Waals surface area contributed by atoms with Gasteiger partial charge in [0.25, 0.3) is 0 Å². The number of hydrogen-bond acceptors (Lipinski definition) is 3. The van der Waals surface area contributed by atoms with E-state index in [-0.39, 0.29) is 5.91 Å². The fourth-order valence-electron chi connectivity index (χ4n) is 2.25. The van der Waals surface area contributed by atoms with Gasteiger partial charge in [0.1, 0.15) is 0 Å². The molecule has 22 heavy (non-hydrogen) atoms. The normalized spacial score (nSPS) is 11.0. The predicted molar refractivity (Wildman–Crippen MR) is 87.7 cm³/mol. The second-order valence-electron chi connectivity index (χ2n) is 5.35. The molecule has 0 aliphatic rings. The number of unbranched alkanes of at least 4 members (excludes halogenated alkanes) is 1. The summed E-state index contributed by atoms with van der Waals surface area (Å²) in [6, 6.07) is 7.95. The summed E-state index contributed by atoms with van der Waals surface area (Å²) in [7, 11) is 0. The van der Waals surface area contributed by atoms with E-state index in [0.29, 0.717) is 26.1 Å². The minimum absolute atomic E-state index is 0.0753. The van der Waals surface area contributed by atoms with Gasteiger partial charge >= 0.3 is 0 Å². The molecule has 1 N–H and O–H groups in total. The summed E-state index contributed by atoms with van der Waals surface area (Å²) < 4.78 is 7.48. The van der Waals surface area contributed by atoms with Crippen molar-refractivity contribution in [2.24, 2.45) is 0 Å². The number of hydrogen-bond donors (Lipinski definition) is 1. The first-order valence-corrected chi connectivity index (χ1v) is 8.05. The van der Waals surface area contributed by atoms with Crippen LogP contribution < -0.4 is 5.32 Å². The summed E-state index contributed by atoms with van der Waals surface area (Å²) in [5.41, 5.74) is 2.03. The monoisotopic (exact) mass is 303 g/mol. The van der Waals surface area contributed by atoms with E-state index in [2.05, 4.69) is 17.2 Å². The molecule has 5 nitrogen and oxygen atoms in total. The number of ether oxygens (including phenoxy) is 1. The zero-order chi connectivity index (χ0) is 15.6. The van der Waals surface area contributed by atoms with Crippen LogP contribution >= 0.6 is 0 Å². The molecular formula is C17H25N3O2. The second-order valence-corrected chi connectivity index (χ2v) is 5.35. The maximum Gasteiger partial charge on any atom is 0.221 e. The summed E-state index contributed by atoms with van der Waals surface area (Å²) in [4.78, 5) is 16.1. The van der Waals surface area contributed by atoms with E-state index >= 15 is 0 Å². The van der Waals surface area contributed by atoms with Gasteiger partial charge in [-0.1, -0.05) is 25.5 Å². The van der Waals surface area contributed by atoms with Crippen molar-refractivity contribution >= 4 is 16.9 Å². The van der Waals surface area contributed by atoms with Gasteiger partial charge in [0, 0.05) is 32.7 Å². The summed E-state index contributed by atoms with van der Waals surface area (Å²) in [5.74, 6) is 0.0753. The Bertz CT molecular complexity index is 580. The molecule has 1 amide bonds. The van der Waals surface area contributed by atoms with Crippen molar-refractivity contribution in [1.29, 1.82) is 0 Å². The number of carbonyl (C=O) groups excluding carboxylic acids is 1. The molecule has 0 bridgehead atoms. The fourth-order valence-corrected chi connectivity index (χ4v) is 2.25. The first-order valence-electron chi connectivity index (χ1n) is 8.05. The highest BCUT2D eigenvalue weighted by molar-refractivity contribution is 5.77. The predicted octanol–water partition coefficient (Wildman–Crippen LogP) is 2.75. The van der Waals surface area contributed by atoms with Crippen molar-refractivity contribution in [3.05, 3.63) is 30.6 Å². The second kappa shape index (κ2) is 9.20. The van der Waals surface area contributed by atoms with Gasteiger partial charge in [-0.05, 0) is 25.0 Å². The summed E-state index contributed by atoms with van der Waals surface area (Å²) in [5, 5.41) is 2.93. The number of nitrogens with one attached hydrogen (secondary N) is 1. The fraction of sp³-hybridized carbons (Fsp3) is 0.529. The number of aromatic nitrogens is 2. The number of aryl methyl sites for hydroxylation is 1. The van der Waals surface area contributed by atoms with Crippen LogP contribution in [-0.4, -0.2) is 35.2 Å². The van der Waals surface area contributed by atoms with Crippen LogP contribution in [0.2, 0.25) is 0 Å². The van der Waals surface area contributed by atoms with Crippen molar-refractivity contribution in [2.45, 2.75) is 39.2 Å². The van der Waals surface area contributed by atoms with Crippen LogP contribution in [0.3, 0.4) is 0 Å². The van der Waals surface area contributed by atoms with Crippen LogP contribution in [0.1, 0.15) is 32.6 Å². The Hall–Kier alpha value is -1.88. The van der Waals surface area contributed by atoms with Gasteiger partial charge in [-0.25, -0.2) is 4.98 Å². The molecule has 2 aromatic rings. The quantitative estimate of drug-likeness (QED) is 0.687. The SMILES string of the molecule is CCCCOCCCNC(=O)CCn1cnc2ccccc21. The number of para-hydroxylation sites is 2. The molecule has 0 fully saturated rings. The van der Waals surface area contributed by atoms with Gasteiger partial charge in [0.15, 0.2) is 0 Å². The maximum absolute atomic E-state index is 11.8. The zero-order valence-electron chi connectivity index (χ0n) is 13.3. The molecule has 1 aromatic carbocycles. The highest BCUT2D eigenvalue weighted by atomic mass is 16.5. The van der Waals surface area contributed by atoms with Gasteiger partial charge in [0.2, 0.25) is 5.91 Å². The summed E-state index contributed by atoms with van der Waals surface area (Å²) in [6.07, 6.45) is 5.38. The number of imidazole rings is 1. The molecule has 5 heteroatoms. The molecule has 0 radical (unpaired) electrons. The molecule has 2 rings (SSSR count). The average molecular weight is 303 g/mol. The van der Waals surface area contributed by atoms with Crippen LogP contribution in [0, 0.1) is 0 Å². The molecule has 1 heterocycles. The van der Waals surface area contributed by atoms with Crippen molar-refractivity contribution in [2.75, 3.05) is 19.8 Å². The standard InChI is InChI=1S/C17H25N3O2/c1-2-3-12-22-13-6-10-18-17(21)9-11-20-14-19-15-7-4-5-8-16(15)20/h4-5,7-8,14H,2-3,6,9-13H2,1H3,(H,18,21). The van der Waals surface area contributed by atoms with Crippen molar-refractivity contribution in [3.63, 3.8) is 0 Å². The highest BCUT2D eigenvalue weighted by Crippen LogP contribution is 2.11. The van der Waals surface area contributed by atoms with Crippen LogP contribution in [0.15, 0.2) is 30.6 Å². The van der Waals surface area contributed by atoms with Crippen LogP contribution in [0.5, 0.6) is 0 Å². The van der Waals surface area contributed by atoms with Gasteiger partial charge in [-0.15, -0.1) is 0 Å². The maximum atomic E-state index is 11.8. The van der Waals surface area contributed by atoms with E-state index in [9.17, 15) is 4.79 Å². The Morgan fingerprint density at radius 3 is 2.95 bits per heavy atom. The molecule has 0 aliphatic carbocycles. The van der Waals surface area contributed by atoms with Crippen molar-refractivity contribution in [1.82, 2.24) is 14.9 Å². The van der Waals surface area contributed by atoms with E-state index in [1.54, 1.807) is 6.33 Å². The molecule has 0 spiro atoms. The van der Waals surface area contributed by atoms with Gasteiger partial charge in [-0.2, -0.15) is 0 Å². The molecule has 0 saturated heterocycles. The Labute approximate surface area is 131 Å². The third kappa shape index (κ3) is 5.15. The van der Waals surface area contributed by atoms with E-state index in [0.717, 1.165) is 36.9 Å². The lowest BCUT2D eigenvalue weighted by atomic mass is 10.3. The Morgan fingerprint density at radius 2 is 2.09 bits per heavy atom. The smallest absolute Gasteiger partial charge is 0.221 e. The van der Waals surface area contributed by atoms with E-state index < -0.39 is 0 Å². The third-order valence-electron chi connectivity index (χ3n) is 3.54. The van der Waals surface area contributed by atoms with E-state index in [4.69, 9.17) is 4.74 Å². The Balaban J connectivity index is 1.62. The van der Waals surface area contributed by atoms with Crippen LogP contribution in [0.25, 0.3) is 11.0 Å². The number of nitrogens with zero attached hydrogens (tertiary/aromatic N) is 2. The largest absolute Gasteiger partial charge is 0.381 e. The van der Waals surface area contributed by atoms with Crippen LogP contribution in [-0.2, 0) is 16.1 Å². The molecule has 0 unspecified atom stereocenters. The van der Waals surface area contributed by atoms with Gasteiger partial charge in [-0.3, -0.25) is 4.79 Å². The Morgan fingerprint density at radius 1 is 1.27 bits per heavy atom. The lowest BCUT2D eigenvalue weighted by molar-refractivity contribution is -0.121. The first-order chi connectivity index (χ1) is 10.8. The number of benzene rings is 1. The number of carbonyl (C=O) groups is 1. The number of amides is 1. The van der Waals surface area contributed by atoms with Crippen LogP contribution in [0.4, 0.5) is 0 Å². The Kier molecular flexibility index (Phi) is 6.90. The highest BCUT2D eigenvalue weighted by Gasteiger charge is 2.04. The lowest BCUT2D eigenvalue weighted by Crippen LogP contribution is -2.26. The average Bonchev–Trinajstić information content (AvgIpc) is 2.95. The minimum Gasteiger partial charge on any atom is -0.381 e. The summed E-state index contributed by atoms with van der Waals surface area (Å²) in [6.45, 7) is 5.01. The summed E-state index contributed by atoms with van der Waals surface area (Å²) >= 11 is 0. The van der Waals surface area contributed by atoms with Crippen molar-refractivity contribution < 1.29 is 9.53 Å². The first kappa shape index (κ1) is 16.5. The van der Waals surface area contributed by atoms with Gasteiger partial charge in [0.05, 0.1) is 17.4 Å².